The molecule has 0 aromatic heterocycles. The first-order valence-electron chi connectivity index (χ1n) is 5.88. The number of carboxylic acids is 1. The fourth-order valence-electron chi connectivity index (χ4n) is 2.48. The zero-order valence-corrected chi connectivity index (χ0v) is 10.9. The van der Waals surface area contributed by atoms with Gasteiger partial charge in [-0.1, -0.05) is 0 Å². The van der Waals surface area contributed by atoms with Crippen molar-refractivity contribution in [2.45, 2.75) is 64.5 Å². The third-order valence-electron chi connectivity index (χ3n) is 3.17. The maximum Gasteiger partial charge on any atom is 0.336 e. The van der Waals surface area contributed by atoms with E-state index in [1.807, 2.05) is 27.7 Å². The maximum atomic E-state index is 11.5. The minimum atomic E-state index is -1.16. The molecule has 17 heavy (non-hydrogen) atoms. The van der Waals surface area contributed by atoms with E-state index in [0.717, 1.165) is 19.3 Å². The number of piperidine rings is 1. The molecule has 0 unspecified atom stereocenters. The number of nitrogens with zero attached hydrogens (tertiary/aromatic N) is 1. The molecule has 1 aliphatic rings. The number of hydroxylamine groups is 2. The van der Waals surface area contributed by atoms with E-state index in [0.29, 0.717) is 0 Å². The van der Waals surface area contributed by atoms with E-state index in [4.69, 9.17) is 9.94 Å². The standard InChI is InChI=1S/C12H21NO4/c1-11(2)6-5-7-12(3,4)13(11)17-10(16)8-9(14)15/h5-8H2,1-4H3,(H,14,15). The number of aliphatic carboxylic acids is 1. The first-order valence-corrected chi connectivity index (χ1v) is 5.88. The Hall–Kier alpha value is -1.10. The molecule has 1 saturated heterocycles. The lowest BCUT2D eigenvalue weighted by atomic mass is 9.82. The fourth-order valence-corrected chi connectivity index (χ4v) is 2.48. The summed E-state index contributed by atoms with van der Waals surface area (Å²) in [5.74, 6) is -1.87. The van der Waals surface area contributed by atoms with Crippen molar-refractivity contribution in [1.82, 2.24) is 5.06 Å². The van der Waals surface area contributed by atoms with Gasteiger partial charge in [0.1, 0.15) is 6.42 Å². The molecular weight excluding hydrogens is 222 g/mol. The monoisotopic (exact) mass is 243 g/mol. The molecule has 0 aromatic carbocycles. The van der Waals surface area contributed by atoms with Gasteiger partial charge in [-0.25, -0.2) is 4.79 Å². The van der Waals surface area contributed by atoms with Crippen LogP contribution in [-0.4, -0.2) is 33.2 Å². The molecule has 1 fully saturated rings. The Bertz CT molecular complexity index is 306. The molecule has 1 heterocycles. The summed E-state index contributed by atoms with van der Waals surface area (Å²) in [6, 6.07) is 0. The summed E-state index contributed by atoms with van der Waals surface area (Å²) in [7, 11) is 0. The molecule has 5 nitrogen and oxygen atoms in total. The number of hydrogen-bond donors (Lipinski definition) is 1. The number of hydrogen-bond acceptors (Lipinski definition) is 4. The van der Waals surface area contributed by atoms with Crippen molar-refractivity contribution in [2.24, 2.45) is 0 Å². The van der Waals surface area contributed by atoms with Gasteiger partial charge in [-0.05, 0) is 47.0 Å². The Morgan fingerprint density at radius 2 is 1.65 bits per heavy atom. The van der Waals surface area contributed by atoms with Crippen LogP contribution in [0.15, 0.2) is 0 Å². The molecule has 0 bridgehead atoms. The maximum absolute atomic E-state index is 11.5. The summed E-state index contributed by atoms with van der Waals surface area (Å²) in [5, 5.41) is 10.2. The highest BCUT2D eigenvalue weighted by Crippen LogP contribution is 2.38. The average molecular weight is 243 g/mol. The molecule has 1 aliphatic heterocycles. The minimum absolute atomic E-state index is 0.254. The molecule has 98 valence electrons. The second-order valence-electron chi connectivity index (χ2n) is 5.81. The molecule has 0 amide bonds. The molecule has 1 N–H and O–H groups in total. The van der Waals surface area contributed by atoms with Crippen LogP contribution in [0.5, 0.6) is 0 Å². The van der Waals surface area contributed by atoms with Crippen molar-refractivity contribution in [3.63, 3.8) is 0 Å². The number of carbonyl (C=O) groups is 2. The highest BCUT2D eigenvalue weighted by atomic mass is 16.7. The van der Waals surface area contributed by atoms with Gasteiger partial charge in [0.25, 0.3) is 0 Å². The van der Waals surface area contributed by atoms with Crippen LogP contribution in [0, 0.1) is 0 Å². The average Bonchev–Trinajstić information content (AvgIpc) is 2.09. The van der Waals surface area contributed by atoms with E-state index in [1.165, 1.54) is 0 Å². The van der Waals surface area contributed by atoms with E-state index in [-0.39, 0.29) is 11.1 Å². The van der Waals surface area contributed by atoms with E-state index >= 15 is 0 Å². The quantitative estimate of drug-likeness (QED) is 0.767. The predicted octanol–water partition coefficient (Wildman–Crippen LogP) is 1.96. The lowest BCUT2D eigenvalue weighted by Crippen LogP contribution is -2.58. The second-order valence-corrected chi connectivity index (χ2v) is 5.81. The van der Waals surface area contributed by atoms with E-state index in [1.54, 1.807) is 5.06 Å². The topological polar surface area (TPSA) is 66.8 Å². The Kier molecular flexibility index (Phi) is 3.81. The summed E-state index contributed by atoms with van der Waals surface area (Å²) in [4.78, 5) is 27.2. The third kappa shape index (κ3) is 3.43. The number of rotatable bonds is 3. The molecule has 0 aliphatic carbocycles. The zero-order chi connectivity index (χ0) is 13.3. The van der Waals surface area contributed by atoms with Crippen LogP contribution < -0.4 is 0 Å². The zero-order valence-electron chi connectivity index (χ0n) is 10.9. The van der Waals surface area contributed by atoms with Gasteiger partial charge < -0.3 is 9.94 Å². The van der Waals surface area contributed by atoms with Crippen molar-refractivity contribution in [2.75, 3.05) is 0 Å². The van der Waals surface area contributed by atoms with Gasteiger partial charge in [-0.15, -0.1) is 5.06 Å². The van der Waals surface area contributed by atoms with Crippen LogP contribution in [0.3, 0.4) is 0 Å². The van der Waals surface area contributed by atoms with Crippen LogP contribution in [-0.2, 0) is 14.4 Å². The molecule has 0 radical (unpaired) electrons. The van der Waals surface area contributed by atoms with Crippen molar-refractivity contribution < 1.29 is 19.5 Å². The van der Waals surface area contributed by atoms with Crippen LogP contribution in [0.1, 0.15) is 53.4 Å². The Morgan fingerprint density at radius 1 is 1.18 bits per heavy atom. The van der Waals surface area contributed by atoms with Crippen LogP contribution in [0.4, 0.5) is 0 Å². The summed E-state index contributed by atoms with van der Waals surface area (Å²) in [6.45, 7) is 8.01. The van der Waals surface area contributed by atoms with Crippen molar-refractivity contribution in [3.8, 4) is 0 Å². The highest BCUT2D eigenvalue weighted by molar-refractivity contribution is 5.89. The van der Waals surface area contributed by atoms with Crippen LogP contribution >= 0.6 is 0 Å². The first-order chi connectivity index (χ1) is 7.65. The van der Waals surface area contributed by atoms with Gasteiger partial charge in [0.05, 0.1) is 11.1 Å². The van der Waals surface area contributed by atoms with Gasteiger partial charge >= 0.3 is 11.9 Å². The third-order valence-corrected chi connectivity index (χ3v) is 3.17. The lowest BCUT2D eigenvalue weighted by molar-refractivity contribution is -0.265. The minimum Gasteiger partial charge on any atom is -0.481 e. The Morgan fingerprint density at radius 3 is 2.06 bits per heavy atom. The molecule has 0 spiro atoms. The summed E-state index contributed by atoms with van der Waals surface area (Å²) >= 11 is 0. The van der Waals surface area contributed by atoms with Gasteiger partial charge in [-0.2, -0.15) is 0 Å². The van der Waals surface area contributed by atoms with E-state index in [2.05, 4.69) is 0 Å². The van der Waals surface area contributed by atoms with Crippen molar-refractivity contribution >= 4 is 11.9 Å². The number of carbonyl (C=O) groups excluding carboxylic acids is 1. The smallest absolute Gasteiger partial charge is 0.336 e. The SMILES string of the molecule is CC1(C)CCCC(C)(C)N1OC(=O)CC(=O)O. The summed E-state index contributed by atoms with van der Waals surface area (Å²) in [6.07, 6.45) is 2.34. The largest absolute Gasteiger partial charge is 0.481 e. The van der Waals surface area contributed by atoms with Gasteiger partial charge in [-0.3, -0.25) is 4.79 Å². The first kappa shape index (κ1) is 14.0. The Balaban J connectivity index is 2.77. The van der Waals surface area contributed by atoms with Crippen molar-refractivity contribution in [3.05, 3.63) is 0 Å². The summed E-state index contributed by atoms with van der Waals surface area (Å²) < 4.78 is 0. The van der Waals surface area contributed by atoms with Crippen LogP contribution in [0.2, 0.25) is 0 Å². The van der Waals surface area contributed by atoms with Crippen LogP contribution in [0.25, 0.3) is 0 Å². The van der Waals surface area contributed by atoms with Crippen molar-refractivity contribution in [1.29, 1.82) is 0 Å². The molecular formula is C12H21NO4. The van der Waals surface area contributed by atoms with Gasteiger partial charge in [0.15, 0.2) is 0 Å². The molecule has 0 atom stereocenters. The van der Waals surface area contributed by atoms with E-state index in [9.17, 15) is 9.59 Å². The Labute approximate surface area is 102 Å². The molecule has 0 aromatic rings. The normalized spacial score (nSPS) is 23.1. The molecule has 1 rings (SSSR count). The van der Waals surface area contributed by atoms with Gasteiger partial charge in [0, 0.05) is 0 Å². The van der Waals surface area contributed by atoms with Gasteiger partial charge in [0.2, 0.25) is 0 Å². The molecule has 0 saturated carbocycles. The number of carboxylic acid groups (broad SMARTS) is 1. The fraction of sp³-hybridized carbons (Fsp3) is 0.833. The predicted molar refractivity (Wildman–Crippen MR) is 62.2 cm³/mol. The lowest BCUT2D eigenvalue weighted by Gasteiger charge is -2.50. The molecule has 5 heteroatoms. The summed E-state index contributed by atoms with van der Waals surface area (Å²) in [5.41, 5.74) is -0.508. The highest BCUT2D eigenvalue weighted by Gasteiger charge is 2.44. The second kappa shape index (κ2) is 4.64. The van der Waals surface area contributed by atoms with E-state index < -0.39 is 18.4 Å².